The van der Waals surface area contributed by atoms with E-state index in [0.29, 0.717) is 71.9 Å². The predicted octanol–water partition coefficient (Wildman–Crippen LogP) is 5.96. The molecule has 0 saturated heterocycles. The quantitative estimate of drug-likeness (QED) is 0.0161. The molecule has 0 aromatic heterocycles. The van der Waals surface area contributed by atoms with E-state index in [9.17, 15) is 15.3 Å². The Morgan fingerprint density at radius 1 is 0.646 bits per heavy atom. The van der Waals surface area contributed by atoms with Gasteiger partial charge in [-0.05, 0) is 123 Å². The van der Waals surface area contributed by atoms with Crippen molar-refractivity contribution in [1.82, 2.24) is 16.0 Å². The Labute approximate surface area is 493 Å². The van der Waals surface area contributed by atoms with Gasteiger partial charge in [-0.1, -0.05) is 56.0 Å². The highest BCUT2D eigenvalue weighted by atomic mass is 32.2. The number of benzene rings is 2. The van der Waals surface area contributed by atoms with E-state index in [0.717, 1.165) is 69.9 Å². The molecule has 2 rings (SSSR count). The fraction of sp³-hybridized carbons (Fsp3) is 0.778. The van der Waals surface area contributed by atoms with E-state index in [4.69, 9.17) is 51.9 Å². The van der Waals surface area contributed by atoms with Gasteiger partial charge in [-0.15, -0.1) is 23.5 Å². The monoisotopic (exact) mass is 1240 g/mol. The van der Waals surface area contributed by atoms with Gasteiger partial charge in [-0.25, -0.2) is 0 Å². The summed E-state index contributed by atoms with van der Waals surface area (Å²) < 4.78 is 55.3. The van der Waals surface area contributed by atoms with Crippen molar-refractivity contribution in [2.24, 2.45) is 5.73 Å². The van der Waals surface area contributed by atoms with Crippen LogP contribution >= 0.6 is 23.5 Å². The highest BCUT2D eigenvalue weighted by Crippen LogP contribution is 2.38. The second-order valence-corrected chi connectivity index (χ2v) is 43.1. The molecule has 0 radical (unpaired) electrons. The van der Waals surface area contributed by atoms with E-state index in [1.165, 1.54) is 6.04 Å². The van der Waals surface area contributed by atoms with Gasteiger partial charge in [0.15, 0.2) is 18.1 Å². The zero-order valence-corrected chi connectivity index (χ0v) is 58.7. The number of hydrogen-bond donors (Lipinski definition) is 9. The first-order chi connectivity index (χ1) is 37.2. The predicted molar refractivity (Wildman–Crippen MR) is 344 cm³/mol. The van der Waals surface area contributed by atoms with Gasteiger partial charge in [0.1, 0.15) is 0 Å². The number of aliphatic hydroxyl groups excluding tert-OH is 3. The van der Waals surface area contributed by atoms with Crippen molar-refractivity contribution in [3.63, 3.8) is 0 Å². The molecular weight excluding hydrogens is 1130 g/mol. The van der Waals surface area contributed by atoms with E-state index in [-0.39, 0.29) is 31.3 Å². The van der Waals surface area contributed by atoms with Crippen LogP contribution in [0.3, 0.4) is 0 Å². The molecule has 0 aliphatic carbocycles. The molecule has 25 heteroatoms. The molecule has 18 nitrogen and oxygen atoms in total. The molecule has 462 valence electrons. The molecule has 8 unspecified atom stereocenters. The Balaban J connectivity index is 0.00000119. The van der Waals surface area contributed by atoms with Crippen molar-refractivity contribution < 1.29 is 55.8 Å². The number of nitrogens with one attached hydrogen (secondary N) is 4. The topological polar surface area (TPSA) is 244 Å². The van der Waals surface area contributed by atoms with E-state index in [1.807, 2.05) is 83.8 Å². The lowest BCUT2D eigenvalue weighted by molar-refractivity contribution is 0.0328. The highest BCUT2D eigenvalue weighted by Gasteiger charge is 2.51. The molecule has 0 spiro atoms. The third-order valence-corrected chi connectivity index (χ3v) is 28.9. The van der Waals surface area contributed by atoms with Crippen LogP contribution in [-0.4, -0.2) is 214 Å². The van der Waals surface area contributed by atoms with Gasteiger partial charge in [-0.3, -0.25) is 0 Å². The first kappa shape index (κ1) is 76.2. The zero-order valence-electron chi connectivity index (χ0n) is 51.6. The summed E-state index contributed by atoms with van der Waals surface area (Å²) in [5.74, 6) is 0. The molecule has 11 N–H and O–H groups in total. The highest BCUT2D eigenvalue weighted by molar-refractivity contribution is 7.99. The van der Waals surface area contributed by atoms with E-state index in [2.05, 4.69) is 73.9 Å². The maximum Gasteiger partial charge on any atom is 0.506 e. The van der Waals surface area contributed by atoms with Crippen LogP contribution < -0.4 is 37.9 Å². The minimum absolute atomic E-state index is 0.00147. The molecule has 0 fully saturated rings. The number of nitrogen functional groups attached to an aromatic ring is 1. The lowest BCUT2D eigenvalue weighted by Gasteiger charge is -2.41. The summed E-state index contributed by atoms with van der Waals surface area (Å²) in [7, 11) is -6.79. The molecule has 0 heterocycles. The van der Waals surface area contributed by atoms with E-state index >= 15 is 0 Å². The Hall–Kier alpha value is -0.816. The maximum atomic E-state index is 10.8. The van der Waals surface area contributed by atoms with Gasteiger partial charge in [0.05, 0.1) is 75.9 Å². The number of thioether (sulfide) groups is 2. The van der Waals surface area contributed by atoms with Crippen LogP contribution in [0.5, 0.6) is 0 Å². The Morgan fingerprint density at radius 3 is 1.66 bits per heavy atom. The van der Waals surface area contributed by atoms with Crippen LogP contribution in [0, 0.1) is 6.92 Å². The Morgan fingerprint density at radius 2 is 1.15 bits per heavy atom. The molecule has 0 saturated carbocycles. The van der Waals surface area contributed by atoms with Gasteiger partial charge in [0, 0.05) is 93.8 Å². The summed E-state index contributed by atoms with van der Waals surface area (Å²) in [6.07, 6.45) is 5.02. The number of likely N-dealkylation sites (N-methyl/N-ethyl adjacent to an activating group) is 1. The van der Waals surface area contributed by atoms with Gasteiger partial charge < -0.3 is 88.5 Å². The van der Waals surface area contributed by atoms with Gasteiger partial charge in [0.2, 0.25) is 0 Å². The third kappa shape index (κ3) is 35.9. The van der Waals surface area contributed by atoms with Gasteiger partial charge in [-0.2, -0.15) is 0 Å². The number of ether oxygens (including phenoxy) is 5. The summed E-state index contributed by atoms with van der Waals surface area (Å²) in [5.41, 5.74) is 14.8. The number of anilines is 2. The minimum Gasteiger partial charge on any atom is -0.419 e. The molecule has 8 atom stereocenters. The van der Waals surface area contributed by atoms with Crippen LogP contribution in [0.15, 0.2) is 46.2 Å². The fourth-order valence-electron chi connectivity index (χ4n) is 7.63. The molecule has 0 aliphatic rings. The smallest absolute Gasteiger partial charge is 0.419 e. The van der Waals surface area contributed by atoms with Crippen LogP contribution in [0.1, 0.15) is 52.5 Å². The van der Waals surface area contributed by atoms with Crippen molar-refractivity contribution in [2.45, 2.75) is 170 Å². The number of rotatable bonds is 46. The minimum atomic E-state index is -3.39. The SMILES string of the molecule is CNC(C)COCC(C)NCC(O)COCCC[Si](C)(C)C.CO[Si](C)(C)O[Si](O[SiH2]CCCOCC(O)CNC(C)COCC(C)N)(O[Si](C)(C)CCCOCC(O)CNc1c(SC)cc(SC)c(N)c1C)c1ccccc1. The largest absolute Gasteiger partial charge is 0.506 e. The number of hydrogen-bond acceptors (Lipinski definition) is 20. The summed E-state index contributed by atoms with van der Waals surface area (Å²) in [5, 5.41) is 45.0. The van der Waals surface area contributed by atoms with Crippen LogP contribution in [0.25, 0.3) is 0 Å². The van der Waals surface area contributed by atoms with Crippen molar-refractivity contribution in [2.75, 3.05) is 123 Å². The first-order valence-corrected chi connectivity index (χ1v) is 43.8. The van der Waals surface area contributed by atoms with Crippen molar-refractivity contribution in [3.05, 3.63) is 42.0 Å². The molecular formula is C54H112N6O12S2Si5. The summed E-state index contributed by atoms with van der Waals surface area (Å²) in [6, 6.07) is 15.8. The molecule has 0 amide bonds. The molecule has 0 bridgehead atoms. The van der Waals surface area contributed by atoms with Crippen molar-refractivity contribution in [1.29, 1.82) is 0 Å². The normalized spacial score (nSPS) is 16.0. The Kier molecular flexibility index (Phi) is 40.6. The molecule has 79 heavy (non-hydrogen) atoms. The molecule has 2 aromatic carbocycles. The second-order valence-electron chi connectivity index (χ2n) is 22.9. The standard InChI is InChI=1S/C38H74N4O9S2Si4.C16H38N2O3Si/c1-29(39)25-48-26-30(2)41-23-32(43)27-46-18-14-20-54-49-57(51-56(9,10)45-4,34-16-12-11-13-17-34)50-55(7,8)21-15-19-47-28-33(44)24-42-38-31(3)37(40)35(52-5)22-36(38)53-6;1-14(17-3)11-21-12-15(2)18-10-16(19)13-20-8-7-9-22(4,5)6/h11-13,16-17,22,29-30,32-33,41-44H,14-15,18-21,23-28,39-40,54H2,1-10H3;14-19H,7-13H2,1-6H3. The lowest BCUT2D eigenvalue weighted by Crippen LogP contribution is -2.66. The summed E-state index contributed by atoms with van der Waals surface area (Å²) in [6.45, 7) is 32.0. The number of nitrogens with two attached hydrogens (primary N) is 2. The molecule has 0 aliphatic heterocycles. The Bertz CT molecular complexity index is 1860. The first-order valence-electron chi connectivity index (χ1n) is 28.4. The number of aliphatic hydroxyl groups is 3. The zero-order chi connectivity index (χ0) is 59.5. The van der Waals surface area contributed by atoms with E-state index in [1.54, 1.807) is 30.6 Å². The van der Waals surface area contributed by atoms with Crippen LogP contribution in [0.2, 0.25) is 64.0 Å². The van der Waals surface area contributed by atoms with Crippen LogP contribution in [0.4, 0.5) is 11.4 Å². The summed E-state index contributed by atoms with van der Waals surface area (Å²) >= 11 is 3.29. The second kappa shape index (κ2) is 42.1. The summed E-state index contributed by atoms with van der Waals surface area (Å²) in [4.78, 5) is 2.16. The maximum absolute atomic E-state index is 10.8. The van der Waals surface area contributed by atoms with Crippen molar-refractivity contribution in [3.8, 4) is 0 Å². The van der Waals surface area contributed by atoms with Crippen LogP contribution in [-0.2, 0) is 40.5 Å². The lowest BCUT2D eigenvalue weighted by atomic mass is 10.1. The van der Waals surface area contributed by atoms with Gasteiger partial charge in [0.25, 0.3) is 0 Å². The average molecular weight is 1240 g/mol. The van der Waals surface area contributed by atoms with Gasteiger partial charge >= 0.3 is 17.4 Å². The van der Waals surface area contributed by atoms with E-state index < -0.39 is 61.8 Å². The van der Waals surface area contributed by atoms with Crippen molar-refractivity contribution >= 4 is 83.6 Å². The third-order valence-electron chi connectivity index (χ3n) is 12.5. The average Bonchev–Trinajstić information content (AvgIpc) is 3.39. The molecule has 2 aromatic rings. The fourth-order valence-corrected chi connectivity index (χ4v) is 23.8.